The quantitative estimate of drug-likeness (QED) is 0.388. The highest BCUT2D eigenvalue weighted by molar-refractivity contribution is 6.04. The Morgan fingerprint density at radius 1 is 0.806 bits per heavy atom. The van der Waals surface area contributed by atoms with Gasteiger partial charge in [0.15, 0.2) is 0 Å². The Morgan fingerprint density at radius 2 is 1.39 bits per heavy atom. The van der Waals surface area contributed by atoms with Crippen LogP contribution >= 0.6 is 0 Å². The Labute approximate surface area is 211 Å². The molecule has 5 heteroatoms. The zero-order valence-electron chi connectivity index (χ0n) is 20.3. The zero-order valence-corrected chi connectivity index (χ0v) is 20.3. The monoisotopic (exact) mass is 477 g/mol. The molecule has 0 radical (unpaired) electrons. The first-order valence-corrected chi connectivity index (χ1v) is 11.8. The average molecular weight is 478 g/mol. The summed E-state index contributed by atoms with van der Waals surface area (Å²) < 4.78 is 11.1. The van der Waals surface area contributed by atoms with Crippen molar-refractivity contribution >= 4 is 17.6 Å². The number of hydrogen-bond donors (Lipinski definition) is 1. The fourth-order valence-corrected chi connectivity index (χ4v) is 3.98. The number of rotatable bonds is 6. The van der Waals surface area contributed by atoms with Gasteiger partial charge in [-0.2, -0.15) is 0 Å². The Bertz CT molecular complexity index is 1350. The van der Waals surface area contributed by atoms with E-state index in [1.54, 1.807) is 13.8 Å². The normalized spacial score (nSPS) is 14.9. The lowest BCUT2D eigenvalue weighted by Gasteiger charge is -2.29. The van der Waals surface area contributed by atoms with Gasteiger partial charge in [0, 0.05) is 11.3 Å². The van der Waals surface area contributed by atoms with Gasteiger partial charge < -0.3 is 14.8 Å². The summed E-state index contributed by atoms with van der Waals surface area (Å²) in [7, 11) is 0. The zero-order chi connectivity index (χ0) is 25.3. The number of ether oxygens (including phenoxy) is 2. The van der Waals surface area contributed by atoms with E-state index >= 15 is 0 Å². The molecule has 0 fully saturated rings. The van der Waals surface area contributed by atoms with Crippen molar-refractivity contribution in [2.45, 2.75) is 20.5 Å². The molecular formula is C31H27NO4. The molecule has 1 atom stereocenters. The molecule has 0 aliphatic carbocycles. The van der Waals surface area contributed by atoms with Gasteiger partial charge in [0.2, 0.25) is 0 Å². The van der Waals surface area contributed by atoms with E-state index in [9.17, 15) is 9.59 Å². The highest BCUT2D eigenvalue weighted by Crippen LogP contribution is 2.35. The third kappa shape index (κ3) is 5.73. The van der Waals surface area contributed by atoms with Gasteiger partial charge in [-0.1, -0.05) is 90.7 Å². The lowest BCUT2D eigenvalue weighted by atomic mass is 9.84. The van der Waals surface area contributed by atoms with Gasteiger partial charge in [-0.05, 0) is 37.1 Å². The third-order valence-corrected chi connectivity index (χ3v) is 5.69. The van der Waals surface area contributed by atoms with E-state index in [2.05, 4.69) is 17.2 Å². The molecule has 0 amide bonds. The molecule has 0 saturated carbocycles. The molecule has 1 N–H and O–H groups in total. The van der Waals surface area contributed by atoms with E-state index in [0.717, 1.165) is 16.7 Å². The molecule has 0 spiro atoms. The third-order valence-electron chi connectivity index (χ3n) is 5.69. The molecule has 1 unspecified atom stereocenters. The van der Waals surface area contributed by atoms with Gasteiger partial charge in [-0.25, -0.2) is 9.59 Å². The maximum atomic E-state index is 13.4. The van der Waals surface area contributed by atoms with Crippen molar-refractivity contribution in [3.63, 3.8) is 0 Å². The van der Waals surface area contributed by atoms with Gasteiger partial charge >= 0.3 is 11.9 Å². The van der Waals surface area contributed by atoms with Crippen LogP contribution in [-0.2, 0) is 25.7 Å². The molecule has 36 heavy (non-hydrogen) atoms. The fraction of sp³-hybridized carbons (Fsp3) is 0.161. The summed E-state index contributed by atoms with van der Waals surface area (Å²) in [4.78, 5) is 26.7. The van der Waals surface area contributed by atoms with Crippen molar-refractivity contribution in [1.82, 2.24) is 5.32 Å². The molecule has 1 aliphatic heterocycles. The summed E-state index contributed by atoms with van der Waals surface area (Å²) in [6.07, 6.45) is 0. The molecule has 5 nitrogen and oxygen atoms in total. The highest BCUT2D eigenvalue weighted by Gasteiger charge is 2.37. The number of carbonyl (C=O) groups is 2. The van der Waals surface area contributed by atoms with E-state index in [4.69, 9.17) is 9.47 Å². The van der Waals surface area contributed by atoms with E-state index in [0.29, 0.717) is 11.4 Å². The van der Waals surface area contributed by atoms with Gasteiger partial charge in [0.05, 0.1) is 29.4 Å². The van der Waals surface area contributed by atoms with Crippen molar-refractivity contribution in [3.8, 4) is 11.8 Å². The summed E-state index contributed by atoms with van der Waals surface area (Å²) >= 11 is 0. The van der Waals surface area contributed by atoms with Crippen LogP contribution in [0, 0.1) is 17.8 Å². The van der Waals surface area contributed by atoms with E-state index in [1.165, 1.54) is 0 Å². The highest BCUT2D eigenvalue weighted by atomic mass is 16.5. The van der Waals surface area contributed by atoms with Gasteiger partial charge in [-0.3, -0.25) is 0 Å². The molecule has 3 aromatic rings. The number of esters is 2. The number of allylic oxidation sites excluding steroid dienone is 1. The first-order chi connectivity index (χ1) is 17.6. The second-order valence-corrected chi connectivity index (χ2v) is 8.17. The summed E-state index contributed by atoms with van der Waals surface area (Å²) in [6, 6.07) is 28.4. The van der Waals surface area contributed by atoms with Crippen LogP contribution in [0.1, 0.15) is 30.5 Å². The lowest BCUT2D eigenvalue weighted by Crippen LogP contribution is -2.33. The van der Waals surface area contributed by atoms with Crippen molar-refractivity contribution in [2.75, 3.05) is 6.61 Å². The Morgan fingerprint density at radius 3 is 2.03 bits per heavy atom. The number of hydrogen-bond acceptors (Lipinski definition) is 5. The van der Waals surface area contributed by atoms with Crippen LogP contribution in [-0.4, -0.2) is 18.5 Å². The summed E-state index contributed by atoms with van der Waals surface area (Å²) in [6.45, 7) is 3.85. The Hall–Kier alpha value is -4.56. The molecule has 3 aromatic carbocycles. The Balaban J connectivity index is 1.80. The van der Waals surface area contributed by atoms with Crippen molar-refractivity contribution in [1.29, 1.82) is 0 Å². The molecule has 0 bridgehead atoms. The SMILES string of the molecule is CCOC(=O)C1=C(c2ccccc2)NC(C)=C(C(=O)OCc2ccccc2)C1C#Cc1ccccc1. The molecule has 1 aliphatic rings. The summed E-state index contributed by atoms with van der Waals surface area (Å²) in [5.41, 5.74) is 4.15. The maximum Gasteiger partial charge on any atom is 0.337 e. The predicted molar refractivity (Wildman–Crippen MR) is 139 cm³/mol. The van der Waals surface area contributed by atoms with Gasteiger partial charge in [0.25, 0.3) is 0 Å². The van der Waals surface area contributed by atoms with Crippen LogP contribution < -0.4 is 5.32 Å². The van der Waals surface area contributed by atoms with Gasteiger partial charge in [-0.15, -0.1) is 0 Å². The van der Waals surface area contributed by atoms with Crippen molar-refractivity contribution < 1.29 is 19.1 Å². The summed E-state index contributed by atoms with van der Waals surface area (Å²) in [5, 5.41) is 3.27. The van der Waals surface area contributed by atoms with Crippen LogP contribution in [0.3, 0.4) is 0 Å². The maximum absolute atomic E-state index is 13.4. The minimum absolute atomic E-state index is 0.110. The lowest BCUT2D eigenvalue weighted by molar-refractivity contribution is -0.141. The van der Waals surface area contributed by atoms with E-state index in [-0.39, 0.29) is 24.4 Å². The average Bonchev–Trinajstić information content (AvgIpc) is 2.92. The second-order valence-electron chi connectivity index (χ2n) is 8.17. The smallest absolute Gasteiger partial charge is 0.337 e. The predicted octanol–water partition coefficient (Wildman–Crippen LogP) is 5.25. The number of nitrogens with one attached hydrogen (secondary N) is 1. The van der Waals surface area contributed by atoms with Crippen molar-refractivity contribution in [3.05, 3.63) is 125 Å². The first-order valence-electron chi connectivity index (χ1n) is 11.8. The van der Waals surface area contributed by atoms with Crippen LogP contribution in [0.15, 0.2) is 108 Å². The van der Waals surface area contributed by atoms with Crippen LogP contribution in [0.4, 0.5) is 0 Å². The van der Waals surface area contributed by atoms with Crippen LogP contribution in [0.2, 0.25) is 0 Å². The molecular weight excluding hydrogens is 450 g/mol. The minimum Gasteiger partial charge on any atom is -0.463 e. The van der Waals surface area contributed by atoms with E-state index < -0.39 is 17.9 Å². The number of benzene rings is 3. The topological polar surface area (TPSA) is 64.6 Å². The summed E-state index contributed by atoms with van der Waals surface area (Å²) in [5.74, 6) is 4.40. The largest absolute Gasteiger partial charge is 0.463 e. The van der Waals surface area contributed by atoms with E-state index in [1.807, 2.05) is 91.0 Å². The fourth-order valence-electron chi connectivity index (χ4n) is 3.98. The minimum atomic E-state index is -0.844. The molecule has 0 aromatic heterocycles. The van der Waals surface area contributed by atoms with Crippen molar-refractivity contribution in [2.24, 2.45) is 5.92 Å². The standard InChI is InChI=1S/C31H27NO4/c1-3-35-31(34)28-26(20-19-23-13-7-4-8-14-23)27(30(33)36-21-24-15-9-5-10-16-24)22(2)32-29(28)25-17-11-6-12-18-25/h4-18,26,32H,3,21H2,1-2H3. The second kappa shape index (κ2) is 11.7. The van der Waals surface area contributed by atoms with Gasteiger partial charge in [0.1, 0.15) is 6.61 Å². The molecule has 1 heterocycles. The molecule has 0 saturated heterocycles. The number of dihydropyridines is 1. The first kappa shape index (κ1) is 24.6. The van der Waals surface area contributed by atoms with Crippen LogP contribution in [0.25, 0.3) is 5.70 Å². The molecule has 4 rings (SSSR count). The van der Waals surface area contributed by atoms with Crippen LogP contribution in [0.5, 0.6) is 0 Å². The number of carbonyl (C=O) groups excluding carboxylic acids is 2. The Kier molecular flexibility index (Phi) is 8.00. The molecule has 180 valence electrons.